The molecular formula is C37H38O6. The highest BCUT2D eigenvalue weighted by Gasteiger charge is 2.15. The number of aliphatic hydroxyl groups is 1. The summed E-state index contributed by atoms with van der Waals surface area (Å²) >= 11 is 0. The van der Waals surface area contributed by atoms with Crippen molar-refractivity contribution in [2.24, 2.45) is 5.41 Å². The average molecular weight is 579 g/mol. The lowest BCUT2D eigenvalue weighted by molar-refractivity contribution is 0.0889. The predicted octanol–water partition coefficient (Wildman–Crippen LogP) is 8.18. The van der Waals surface area contributed by atoms with Crippen molar-refractivity contribution in [1.29, 1.82) is 0 Å². The molecule has 0 bridgehead atoms. The molecule has 1 unspecified atom stereocenters. The van der Waals surface area contributed by atoms with E-state index in [-0.39, 0.29) is 17.5 Å². The van der Waals surface area contributed by atoms with Crippen LogP contribution in [0.4, 0.5) is 0 Å². The minimum atomic E-state index is -0.582. The van der Waals surface area contributed by atoms with Crippen molar-refractivity contribution in [2.45, 2.75) is 52.9 Å². The summed E-state index contributed by atoms with van der Waals surface area (Å²) in [5, 5.41) is 10.8. The molecule has 5 rings (SSSR count). The van der Waals surface area contributed by atoms with Gasteiger partial charge in [-0.05, 0) is 53.6 Å². The van der Waals surface area contributed by atoms with Gasteiger partial charge in [-0.25, -0.2) is 0 Å². The Hall–Kier alpha value is -4.55. The second kappa shape index (κ2) is 13.6. The van der Waals surface area contributed by atoms with Gasteiger partial charge in [-0.15, -0.1) is 0 Å². The fourth-order valence-electron chi connectivity index (χ4n) is 4.61. The molecule has 0 aliphatic rings. The van der Waals surface area contributed by atoms with Crippen LogP contribution >= 0.6 is 0 Å². The van der Waals surface area contributed by atoms with Crippen LogP contribution in [0.15, 0.2) is 112 Å². The zero-order valence-electron chi connectivity index (χ0n) is 24.9. The summed E-state index contributed by atoms with van der Waals surface area (Å²) < 4.78 is 24.4. The summed E-state index contributed by atoms with van der Waals surface area (Å²) in [5.41, 5.74) is 3.08. The lowest BCUT2D eigenvalue weighted by Gasteiger charge is -2.20. The second-order valence-corrected chi connectivity index (χ2v) is 11.9. The van der Waals surface area contributed by atoms with Gasteiger partial charge in [0.05, 0.1) is 11.5 Å². The molecule has 222 valence electrons. The first-order valence-corrected chi connectivity index (χ1v) is 14.6. The molecule has 0 amide bonds. The number of hydrogen-bond donors (Lipinski definition) is 1. The Labute approximate surface area is 252 Å². The molecule has 0 aliphatic heterocycles. The topological polar surface area (TPSA) is 78.1 Å². The van der Waals surface area contributed by atoms with Gasteiger partial charge in [0.15, 0.2) is 5.43 Å². The molecule has 5 aromatic rings. The third kappa shape index (κ3) is 8.72. The SMILES string of the molecule is CC(C)(C)CCC(O)COc1ccc2c(=O)cc(-c3cc(OCc4ccccc4)cc(OCc4ccccc4)c3)oc2c1. The first kappa shape index (κ1) is 29.9. The van der Waals surface area contributed by atoms with E-state index in [4.69, 9.17) is 18.6 Å². The second-order valence-electron chi connectivity index (χ2n) is 11.9. The number of rotatable bonds is 12. The maximum atomic E-state index is 13.1. The fraction of sp³-hybridized carbons (Fsp3) is 0.270. The molecule has 6 nitrogen and oxygen atoms in total. The van der Waals surface area contributed by atoms with Crippen LogP contribution in [0.5, 0.6) is 17.2 Å². The molecule has 0 fully saturated rings. The first-order valence-electron chi connectivity index (χ1n) is 14.6. The first-order chi connectivity index (χ1) is 20.7. The smallest absolute Gasteiger partial charge is 0.193 e. The average Bonchev–Trinajstić information content (AvgIpc) is 3.01. The molecular weight excluding hydrogens is 540 g/mol. The quantitative estimate of drug-likeness (QED) is 0.161. The number of fused-ring (bicyclic) bond motifs is 1. The molecule has 0 radical (unpaired) electrons. The van der Waals surface area contributed by atoms with Gasteiger partial charge in [0.1, 0.15) is 48.4 Å². The monoisotopic (exact) mass is 578 g/mol. The highest BCUT2D eigenvalue weighted by atomic mass is 16.5. The number of benzene rings is 4. The Morgan fingerprint density at radius 2 is 1.33 bits per heavy atom. The van der Waals surface area contributed by atoms with Crippen LogP contribution in [0.3, 0.4) is 0 Å². The van der Waals surface area contributed by atoms with Crippen LogP contribution in [0, 0.1) is 5.41 Å². The standard InChI is InChI=1S/C37H38O6/c1-37(2,3)17-16-29(38)25-42-30-14-15-33-34(39)22-35(43-36(33)21-30)28-18-31(40-23-26-10-6-4-7-11-26)20-32(19-28)41-24-27-12-8-5-9-13-27/h4-15,18-22,29,38H,16-17,23-25H2,1-3H3. The maximum absolute atomic E-state index is 13.1. The Bertz CT molecular complexity index is 1620. The van der Waals surface area contributed by atoms with Gasteiger partial charge in [0.2, 0.25) is 0 Å². The van der Waals surface area contributed by atoms with Crippen LogP contribution in [0.2, 0.25) is 0 Å². The van der Waals surface area contributed by atoms with Crippen LogP contribution in [0.1, 0.15) is 44.7 Å². The van der Waals surface area contributed by atoms with Crippen LogP contribution in [0.25, 0.3) is 22.3 Å². The molecule has 0 spiro atoms. The van der Waals surface area contributed by atoms with Gasteiger partial charge in [-0.2, -0.15) is 0 Å². The lowest BCUT2D eigenvalue weighted by Crippen LogP contribution is -2.20. The van der Waals surface area contributed by atoms with Crippen molar-refractivity contribution in [3.8, 4) is 28.6 Å². The molecule has 43 heavy (non-hydrogen) atoms. The predicted molar refractivity (Wildman–Crippen MR) is 170 cm³/mol. The summed E-state index contributed by atoms with van der Waals surface area (Å²) in [7, 11) is 0. The van der Waals surface area contributed by atoms with Crippen LogP contribution < -0.4 is 19.6 Å². The van der Waals surface area contributed by atoms with E-state index in [1.54, 1.807) is 18.2 Å². The Morgan fingerprint density at radius 1 is 0.721 bits per heavy atom. The molecule has 1 heterocycles. The van der Waals surface area contributed by atoms with E-state index in [2.05, 4.69) is 20.8 Å². The maximum Gasteiger partial charge on any atom is 0.193 e. The van der Waals surface area contributed by atoms with Gasteiger partial charge in [-0.3, -0.25) is 4.79 Å². The van der Waals surface area contributed by atoms with E-state index >= 15 is 0 Å². The van der Waals surface area contributed by atoms with E-state index in [1.165, 1.54) is 6.07 Å². The van der Waals surface area contributed by atoms with Gasteiger partial charge in [0.25, 0.3) is 0 Å². The highest BCUT2D eigenvalue weighted by molar-refractivity contribution is 5.80. The van der Waals surface area contributed by atoms with Crippen LogP contribution in [-0.4, -0.2) is 17.8 Å². The summed E-state index contributed by atoms with van der Waals surface area (Å²) in [6.45, 7) is 7.36. The van der Waals surface area contributed by atoms with E-state index in [9.17, 15) is 9.90 Å². The lowest BCUT2D eigenvalue weighted by atomic mass is 9.89. The number of aliphatic hydroxyl groups excluding tert-OH is 1. The number of hydrogen-bond acceptors (Lipinski definition) is 6. The molecule has 0 saturated heterocycles. The zero-order valence-corrected chi connectivity index (χ0v) is 24.9. The van der Waals surface area contributed by atoms with E-state index in [0.29, 0.717) is 59.2 Å². The molecule has 1 N–H and O–H groups in total. The molecule has 0 aliphatic carbocycles. The number of ether oxygens (including phenoxy) is 3. The molecule has 1 aromatic heterocycles. The Balaban J connectivity index is 1.40. The van der Waals surface area contributed by atoms with Crippen molar-refractivity contribution in [3.63, 3.8) is 0 Å². The Morgan fingerprint density at radius 3 is 1.91 bits per heavy atom. The van der Waals surface area contributed by atoms with Crippen molar-refractivity contribution in [2.75, 3.05) is 6.61 Å². The molecule has 0 saturated carbocycles. The summed E-state index contributed by atoms with van der Waals surface area (Å²) in [6.07, 6.45) is 0.952. The van der Waals surface area contributed by atoms with Crippen molar-refractivity contribution >= 4 is 11.0 Å². The largest absolute Gasteiger partial charge is 0.491 e. The molecule has 4 aromatic carbocycles. The third-order valence-corrected chi connectivity index (χ3v) is 7.03. The molecule has 1 atom stereocenters. The van der Waals surface area contributed by atoms with Crippen molar-refractivity contribution in [3.05, 3.63) is 124 Å². The van der Waals surface area contributed by atoms with E-state index in [0.717, 1.165) is 17.5 Å². The minimum absolute atomic E-state index is 0.139. The van der Waals surface area contributed by atoms with E-state index < -0.39 is 6.10 Å². The van der Waals surface area contributed by atoms with Gasteiger partial charge in [0, 0.05) is 23.8 Å². The summed E-state index contributed by atoms with van der Waals surface area (Å²) in [5.74, 6) is 2.09. The molecule has 6 heteroatoms. The van der Waals surface area contributed by atoms with Crippen molar-refractivity contribution < 1.29 is 23.7 Å². The van der Waals surface area contributed by atoms with E-state index in [1.807, 2.05) is 78.9 Å². The highest BCUT2D eigenvalue weighted by Crippen LogP contribution is 2.32. The van der Waals surface area contributed by atoms with Gasteiger partial charge >= 0.3 is 0 Å². The van der Waals surface area contributed by atoms with Crippen LogP contribution in [-0.2, 0) is 13.2 Å². The normalized spacial score (nSPS) is 12.2. The minimum Gasteiger partial charge on any atom is -0.491 e. The zero-order chi connectivity index (χ0) is 30.2. The Kier molecular flexibility index (Phi) is 9.48. The third-order valence-electron chi connectivity index (χ3n) is 7.03. The van der Waals surface area contributed by atoms with Gasteiger partial charge < -0.3 is 23.7 Å². The summed E-state index contributed by atoms with van der Waals surface area (Å²) in [4.78, 5) is 13.1. The fourth-order valence-corrected chi connectivity index (χ4v) is 4.61. The summed E-state index contributed by atoms with van der Waals surface area (Å²) in [6, 6.07) is 31.9. The van der Waals surface area contributed by atoms with Crippen molar-refractivity contribution in [1.82, 2.24) is 0 Å². The van der Waals surface area contributed by atoms with Gasteiger partial charge in [-0.1, -0.05) is 81.4 Å².